The molecule has 0 aliphatic rings. The average molecular weight is 326 g/mol. The maximum Gasteiger partial charge on any atom is 0.244 e. The monoisotopic (exact) mass is 325 g/mol. The van der Waals surface area contributed by atoms with Crippen LogP contribution in [0, 0.1) is 0 Å². The zero-order chi connectivity index (χ0) is 14.6. The van der Waals surface area contributed by atoms with Crippen molar-refractivity contribution in [1.29, 1.82) is 0 Å². The van der Waals surface area contributed by atoms with E-state index in [-0.39, 0.29) is 39.5 Å². The number of benzene rings is 1. The van der Waals surface area contributed by atoms with Crippen LogP contribution in [0.25, 0.3) is 0 Å². The second-order valence-corrected chi connectivity index (χ2v) is 6.17. The lowest BCUT2D eigenvalue weighted by Gasteiger charge is -2.11. The number of rotatable bonds is 5. The standard InChI is InChI=1S/C10H13Cl2N3O3S/c1-14-9(16)2-3-15-19(17,18)10-7(12)4-6(11)5-8(10)13/h4-5,15H,2-3,13H2,1H3,(H,14,16). The van der Waals surface area contributed by atoms with Gasteiger partial charge in [-0.05, 0) is 12.1 Å². The van der Waals surface area contributed by atoms with E-state index in [1.54, 1.807) is 0 Å². The summed E-state index contributed by atoms with van der Waals surface area (Å²) >= 11 is 11.5. The number of hydrogen-bond acceptors (Lipinski definition) is 4. The third-order valence-corrected chi connectivity index (χ3v) is 4.43. The van der Waals surface area contributed by atoms with Crippen molar-refractivity contribution in [2.45, 2.75) is 11.3 Å². The Kier molecular flexibility index (Phi) is 5.42. The second-order valence-electron chi connectivity index (χ2n) is 3.63. The molecule has 0 aromatic heterocycles. The summed E-state index contributed by atoms with van der Waals surface area (Å²) in [5.41, 5.74) is 5.55. The Labute approximate surface area is 121 Å². The summed E-state index contributed by atoms with van der Waals surface area (Å²) in [6.45, 7) is -0.0552. The molecule has 0 saturated carbocycles. The summed E-state index contributed by atoms with van der Waals surface area (Å²) in [4.78, 5) is 10.8. The number of anilines is 1. The molecule has 0 heterocycles. The van der Waals surface area contributed by atoms with E-state index in [0.717, 1.165) is 0 Å². The number of sulfonamides is 1. The van der Waals surface area contributed by atoms with E-state index in [0.29, 0.717) is 0 Å². The summed E-state index contributed by atoms with van der Waals surface area (Å²) in [6.07, 6.45) is 0.0147. The van der Waals surface area contributed by atoms with Gasteiger partial charge < -0.3 is 11.1 Å². The second kappa shape index (κ2) is 6.42. The highest BCUT2D eigenvalue weighted by molar-refractivity contribution is 7.89. The highest BCUT2D eigenvalue weighted by Gasteiger charge is 2.21. The first kappa shape index (κ1) is 16.0. The Morgan fingerprint density at radius 1 is 1.37 bits per heavy atom. The number of nitrogens with two attached hydrogens (primary N) is 1. The third kappa shape index (κ3) is 4.24. The normalized spacial score (nSPS) is 11.3. The molecule has 0 radical (unpaired) electrons. The van der Waals surface area contributed by atoms with Crippen LogP contribution in [0.5, 0.6) is 0 Å². The molecule has 4 N–H and O–H groups in total. The molecule has 0 fully saturated rings. The van der Waals surface area contributed by atoms with Crippen LogP contribution in [0.4, 0.5) is 5.69 Å². The van der Waals surface area contributed by atoms with Crippen LogP contribution in [0.2, 0.25) is 10.0 Å². The van der Waals surface area contributed by atoms with Crippen molar-refractivity contribution in [3.63, 3.8) is 0 Å². The number of amides is 1. The summed E-state index contributed by atoms with van der Waals surface area (Å²) in [6, 6.07) is 2.58. The lowest BCUT2D eigenvalue weighted by atomic mass is 10.3. The van der Waals surface area contributed by atoms with E-state index in [1.165, 1.54) is 19.2 Å². The maximum atomic E-state index is 12.0. The van der Waals surface area contributed by atoms with Crippen LogP contribution in [-0.4, -0.2) is 27.9 Å². The molecule has 1 amide bonds. The quantitative estimate of drug-likeness (QED) is 0.702. The largest absolute Gasteiger partial charge is 0.398 e. The predicted molar refractivity (Wildman–Crippen MR) is 74.7 cm³/mol. The van der Waals surface area contributed by atoms with Crippen LogP contribution in [0.3, 0.4) is 0 Å². The van der Waals surface area contributed by atoms with Crippen LogP contribution < -0.4 is 15.8 Å². The summed E-state index contributed by atoms with van der Waals surface area (Å²) < 4.78 is 26.3. The zero-order valence-electron chi connectivity index (χ0n) is 10.0. The van der Waals surface area contributed by atoms with Gasteiger partial charge in [0.15, 0.2) is 0 Å². The number of nitrogen functional groups attached to an aromatic ring is 1. The molecule has 0 atom stereocenters. The SMILES string of the molecule is CNC(=O)CCNS(=O)(=O)c1c(N)cc(Cl)cc1Cl. The van der Waals surface area contributed by atoms with Gasteiger partial charge in [0.2, 0.25) is 15.9 Å². The van der Waals surface area contributed by atoms with E-state index in [1.807, 2.05) is 0 Å². The van der Waals surface area contributed by atoms with Crippen molar-refractivity contribution in [1.82, 2.24) is 10.0 Å². The number of halogens is 2. The Morgan fingerprint density at radius 2 is 2.00 bits per heavy atom. The molecule has 106 valence electrons. The maximum absolute atomic E-state index is 12.0. The molecular weight excluding hydrogens is 313 g/mol. The lowest BCUT2D eigenvalue weighted by molar-refractivity contribution is -0.120. The first-order valence-corrected chi connectivity index (χ1v) is 7.46. The molecule has 0 aliphatic carbocycles. The van der Waals surface area contributed by atoms with Crippen molar-refractivity contribution < 1.29 is 13.2 Å². The minimum atomic E-state index is -3.89. The first-order valence-electron chi connectivity index (χ1n) is 5.22. The van der Waals surface area contributed by atoms with Gasteiger partial charge in [0, 0.05) is 25.0 Å². The van der Waals surface area contributed by atoms with Crippen molar-refractivity contribution in [3.05, 3.63) is 22.2 Å². The Hall–Kier alpha value is -1.02. The van der Waals surface area contributed by atoms with E-state index in [4.69, 9.17) is 28.9 Å². The van der Waals surface area contributed by atoms with Gasteiger partial charge in [0.1, 0.15) is 4.90 Å². The number of hydrogen-bond donors (Lipinski definition) is 3. The molecule has 1 aromatic rings. The van der Waals surface area contributed by atoms with Crippen molar-refractivity contribution in [2.24, 2.45) is 0 Å². The Morgan fingerprint density at radius 3 is 2.53 bits per heavy atom. The van der Waals surface area contributed by atoms with Crippen molar-refractivity contribution in [3.8, 4) is 0 Å². The molecule has 9 heteroatoms. The molecule has 1 aromatic carbocycles. The highest BCUT2D eigenvalue weighted by Crippen LogP contribution is 2.30. The van der Waals surface area contributed by atoms with Gasteiger partial charge in [-0.3, -0.25) is 4.79 Å². The molecule has 0 saturated heterocycles. The predicted octanol–water partition coefficient (Wildman–Crippen LogP) is 0.990. The fourth-order valence-electron chi connectivity index (χ4n) is 1.36. The van der Waals surface area contributed by atoms with Gasteiger partial charge in [-0.15, -0.1) is 0 Å². The van der Waals surface area contributed by atoms with Gasteiger partial charge in [-0.2, -0.15) is 0 Å². The van der Waals surface area contributed by atoms with Gasteiger partial charge in [-0.25, -0.2) is 13.1 Å². The van der Waals surface area contributed by atoms with Crippen LogP contribution in [0.1, 0.15) is 6.42 Å². The smallest absolute Gasteiger partial charge is 0.244 e. The molecule has 1 rings (SSSR count). The Balaban J connectivity index is 2.92. The molecule has 19 heavy (non-hydrogen) atoms. The lowest BCUT2D eigenvalue weighted by Crippen LogP contribution is -2.29. The number of nitrogens with one attached hydrogen (secondary N) is 2. The summed E-state index contributed by atoms with van der Waals surface area (Å²) in [5, 5.41) is 2.55. The number of carbonyl (C=O) groups excluding carboxylic acids is 1. The molecule has 6 nitrogen and oxygen atoms in total. The van der Waals surface area contributed by atoms with Gasteiger partial charge in [-0.1, -0.05) is 23.2 Å². The number of carbonyl (C=O) groups is 1. The van der Waals surface area contributed by atoms with E-state index >= 15 is 0 Å². The summed E-state index contributed by atoms with van der Waals surface area (Å²) in [5.74, 6) is -0.280. The molecular formula is C10H13Cl2N3O3S. The summed E-state index contributed by atoms with van der Waals surface area (Å²) in [7, 11) is -2.42. The van der Waals surface area contributed by atoms with Crippen LogP contribution in [0.15, 0.2) is 17.0 Å². The minimum absolute atomic E-state index is 0.0147. The van der Waals surface area contributed by atoms with Gasteiger partial charge in [0.05, 0.1) is 10.7 Å². The van der Waals surface area contributed by atoms with Gasteiger partial charge in [0.25, 0.3) is 0 Å². The zero-order valence-corrected chi connectivity index (χ0v) is 12.4. The van der Waals surface area contributed by atoms with Crippen molar-refractivity contribution in [2.75, 3.05) is 19.3 Å². The topological polar surface area (TPSA) is 101 Å². The Bertz CT molecular complexity index is 567. The van der Waals surface area contributed by atoms with Gasteiger partial charge >= 0.3 is 0 Å². The molecule has 0 unspecified atom stereocenters. The minimum Gasteiger partial charge on any atom is -0.398 e. The highest BCUT2D eigenvalue weighted by atomic mass is 35.5. The molecule has 0 aliphatic heterocycles. The van der Waals surface area contributed by atoms with E-state index < -0.39 is 10.0 Å². The van der Waals surface area contributed by atoms with Crippen LogP contribution in [-0.2, 0) is 14.8 Å². The van der Waals surface area contributed by atoms with Crippen LogP contribution >= 0.6 is 23.2 Å². The third-order valence-electron chi connectivity index (χ3n) is 2.23. The fourth-order valence-corrected chi connectivity index (χ4v) is 3.37. The first-order chi connectivity index (χ1) is 8.77. The van der Waals surface area contributed by atoms with E-state index in [9.17, 15) is 13.2 Å². The van der Waals surface area contributed by atoms with Crippen molar-refractivity contribution >= 4 is 44.8 Å². The molecule has 0 spiro atoms. The van der Waals surface area contributed by atoms with E-state index in [2.05, 4.69) is 10.0 Å². The molecule has 0 bridgehead atoms. The fraction of sp³-hybridized carbons (Fsp3) is 0.300. The average Bonchev–Trinajstić information content (AvgIpc) is 2.26.